The molecular formula is C14H27N4O11P2+. The lowest BCUT2D eigenvalue weighted by Gasteiger charge is -2.25. The third-order valence-electron chi connectivity index (χ3n) is 4.08. The first kappa shape index (κ1) is 26.0. The average molecular weight is 489 g/mol. The summed E-state index contributed by atoms with van der Waals surface area (Å²) in [5.74, 6) is -0.0595. The second-order valence-corrected chi connectivity index (χ2v) is 10.8. The molecule has 1 aliphatic rings. The van der Waals surface area contributed by atoms with E-state index >= 15 is 0 Å². The third-order valence-corrected chi connectivity index (χ3v) is 6.69. The van der Waals surface area contributed by atoms with Gasteiger partial charge in [0.05, 0.1) is 27.7 Å². The van der Waals surface area contributed by atoms with E-state index in [0.29, 0.717) is 11.0 Å². The van der Waals surface area contributed by atoms with Gasteiger partial charge in [-0.05, 0) is 6.07 Å². The molecule has 0 radical (unpaired) electrons. The fourth-order valence-corrected chi connectivity index (χ4v) is 4.65. The maximum atomic E-state index is 12.7. The molecule has 0 spiro atoms. The molecule has 1 aliphatic heterocycles. The maximum absolute atomic E-state index is 12.7. The molecule has 1 fully saturated rings. The average Bonchev–Trinajstić information content (AvgIpc) is 2.86. The highest BCUT2D eigenvalue weighted by Crippen LogP contribution is 2.61. The number of nitrogen functional groups attached to an aromatic ring is 1. The predicted octanol–water partition coefficient (Wildman–Crippen LogP) is -1.60. The van der Waals surface area contributed by atoms with Crippen LogP contribution in [0.3, 0.4) is 0 Å². The first-order valence-corrected chi connectivity index (χ1v) is 11.9. The van der Waals surface area contributed by atoms with Gasteiger partial charge in [0.1, 0.15) is 37.3 Å². The van der Waals surface area contributed by atoms with E-state index < -0.39 is 52.5 Å². The summed E-state index contributed by atoms with van der Waals surface area (Å²) in [6.07, 6.45) is -4.72. The van der Waals surface area contributed by atoms with E-state index in [9.17, 15) is 24.1 Å². The lowest BCUT2D eigenvalue weighted by atomic mass is 10.1. The van der Waals surface area contributed by atoms with E-state index in [-0.39, 0.29) is 12.4 Å². The lowest BCUT2D eigenvalue weighted by molar-refractivity contribution is -0.870. The van der Waals surface area contributed by atoms with Gasteiger partial charge in [0.15, 0.2) is 6.23 Å². The Bertz CT molecular complexity index is 914. The second-order valence-electron chi connectivity index (χ2n) is 7.75. The van der Waals surface area contributed by atoms with Crippen LogP contribution in [0, 0.1) is 0 Å². The van der Waals surface area contributed by atoms with Gasteiger partial charge in [-0.1, -0.05) is 0 Å². The number of anilines is 1. The number of aromatic nitrogens is 2. The van der Waals surface area contributed by atoms with Crippen LogP contribution in [0.15, 0.2) is 17.1 Å². The molecule has 0 bridgehead atoms. The zero-order valence-electron chi connectivity index (χ0n) is 17.0. The van der Waals surface area contributed by atoms with Crippen molar-refractivity contribution in [3.8, 4) is 0 Å². The number of nitrogens with two attached hydrogens (primary N) is 1. The number of phosphoric acid groups is 2. The smallest absolute Gasteiger partial charge is 0.387 e. The number of quaternary nitrogens is 1. The Morgan fingerprint density at radius 2 is 1.87 bits per heavy atom. The highest BCUT2D eigenvalue weighted by Gasteiger charge is 2.46. The molecule has 2 rings (SSSR count). The number of likely N-dealkylation sites (N-methyl/N-ethyl adjacent to an activating group) is 1. The first-order chi connectivity index (χ1) is 14.1. The number of rotatable bonds is 10. The number of phosphoric ester groups is 1. The van der Waals surface area contributed by atoms with Crippen LogP contribution in [0.4, 0.5) is 5.82 Å². The van der Waals surface area contributed by atoms with Crippen LogP contribution in [0.2, 0.25) is 0 Å². The number of aliphatic hydroxyl groups excluding tert-OH is 2. The van der Waals surface area contributed by atoms with Crippen molar-refractivity contribution >= 4 is 21.5 Å². The van der Waals surface area contributed by atoms with Crippen LogP contribution in [0.1, 0.15) is 6.23 Å². The Morgan fingerprint density at radius 3 is 2.42 bits per heavy atom. The van der Waals surface area contributed by atoms with Crippen LogP contribution < -0.4 is 11.4 Å². The molecule has 178 valence electrons. The van der Waals surface area contributed by atoms with E-state index in [2.05, 4.69) is 9.29 Å². The molecule has 0 aliphatic carbocycles. The molecule has 6 N–H and O–H groups in total. The molecule has 5 atom stereocenters. The van der Waals surface area contributed by atoms with Gasteiger partial charge < -0.3 is 35.0 Å². The summed E-state index contributed by atoms with van der Waals surface area (Å²) in [5, 5.41) is 20.4. The fourth-order valence-electron chi connectivity index (χ4n) is 2.52. The lowest BCUT2D eigenvalue weighted by Crippen LogP contribution is -2.37. The van der Waals surface area contributed by atoms with E-state index in [1.54, 1.807) is 21.1 Å². The molecule has 2 heterocycles. The van der Waals surface area contributed by atoms with Crippen molar-refractivity contribution in [3.63, 3.8) is 0 Å². The van der Waals surface area contributed by atoms with E-state index in [1.807, 2.05) is 0 Å². The summed E-state index contributed by atoms with van der Waals surface area (Å²) in [5.41, 5.74) is 4.56. The normalized spacial score (nSPS) is 26.7. The number of nitrogens with zero attached hydrogens (tertiary/aromatic N) is 3. The summed E-state index contributed by atoms with van der Waals surface area (Å²) in [7, 11) is -4.63. The number of hydrogen-bond acceptors (Lipinski definition) is 11. The van der Waals surface area contributed by atoms with Crippen molar-refractivity contribution in [1.29, 1.82) is 0 Å². The van der Waals surface area contributed by atoms with Crippen LogP contribution in [-0.2, 0) is 27.2 Å². The van der Waals surface area contributed by atoms with Crippen LogP contribution in [-0.4, -0.2) is 93.2 Å². The summed E-state index contributed by atoms with van der Waals surface area (Å²) in [6, 6.07) is 1.28. The molecule has 1 aromatic rings. The Kier molecular flexibility index (Phi) is 8.17. The third kappa shape index (κ3) is 7.70. The minimum Gasteiger partial charge on any atom is -0.387 e. The summed E-state index contributed by atoms with van der Waals surface area (Å²) >= 11 is 0. The maximum Gasteiger partial charge on any atom is 0.484 e. The van der Waals surface area contributed by atoms with Gasteiger partial charge in [-0.15, -0.1) is 0 Å². The molecule has 1 unspecified atom stereocenters. The van der Waals surface area contributed by atoms with Gasteiger partial charge in [0.25, 0.3) is 0 Å². The van der Waals surface area contributed by atoms with Crippen molar-refractivity contribution in [2.45, 2.75) is 24.5 Å². The minimum atomic E-state index is -5.26. The van der Waals surface area contributed by atoms with Crippen molar-refractivity contribution in [3.05, 3.63) is 22.7 Å². The van der Waals surface area contributed by atoms with Crippen LogP contribution >= 0.6 is 15.6 Å². The standard InChI is InChI=1S/C14H26N4O11P2/c1-18(2,3)6-7-26-31(25,29-30(22,23)24)27-8-9-11(19)12(20)13(28-9)17-5-4-10(15)16-14(17)21/h4-5,9,11-13,19-20H,6-8H2,1-3H3,(H3-,15,16,21,22,23,24)/p+1/t9-,11-,12-,13-,31?/m1/s1. The molecule has 0 amide bonds. The molecule has 17 heteroatoms. The Balaban J connectivity index is 2.10. The van der Waals surface area contributed by atoms with Crippen LogP contribution in [0.5, 0.6) is 0 Å². The molecule has 1 saturated heterocycles. The van der Waals surface area contributed by atoms with Crippen molar-refractivity contribution < 1.29 is 51.7 Å². The zero-order chi connectivity index (χ0) is 23.6. The Morgan fingerprint density at radius 1 is 1.23 bits per heavy atom. The van der Waals surface area contributed by atoms with Gasteiger partial charge in [-0.2, -0.15) is 9.29 Å². The van der Waals surface area contributed by atoms with Crippen molar-refractivity contribution in [2.75, 3.05) is 46.6 Å². The van der Waals surface area contributed by atoms with Crippen molar-refractivity contribution in [2.24, 2.45) is 0 Å². The van der Waals surface area contributed by atoms with E-state index in [0.717, 1.165) is 4.57 Å². The van der Waals surface area contributed by atoms with Crippen LogP contribution in [0.25, 0.3) is 0 Å². The van der Waals surface area contributed by atoms with Gasteiger partial charge in [0, 0.05) is 6.20 Å². The molecular weight excluding hydrogens is 462 g/mol. The quantitative estimate of drug-likeness (QED) is 0.185. The zero-order valence-corrected chi connectivity index (χ0v) is 18.8. The van der Waals surface area contributed by atoms with E-state index in [4.69, 9.17) is 29.3 Å². The first-order valence-electron chi connectivity index (χ1n) is 8.93. The molecule has 1 aromatic heterocycles. The SMILES string of the molecule is C[N+](C)(C)CCOP(=O)(OC[C@H]1O[C@@H](n2ccc(N)nc2=O)[C@H](O)[C@@H]1O)OP(=O)(O)O. The van der Waals surface area contributed by atoms with E-state index in [1.165, 1.54) is 12.3 Å². The monoisotopic (exact) mass is 489 g/mol. The summed E-state index contributed by atoms with van der Waals surface area (Å²) in [6.45, 7) is -0.672. The molecule has 0 saturated carbocycles. The number of aliphatic hydroxyl groups is 2. The van der Waals surface area contributed by atoms with Gasteiger partial charge >= 0.3 is 21.3 Å². The van der Waals surface area contributed by atoms with Gasteiger partial charge in [0.2, 0.25) is 0 Å². The highest BCUT2D eigenvalue weighted by molar-refractivity contribution is 7.61. The predicted molar refractivity (Wildman–Crippen MR) is 104 cm³/mol. The summed E-state index contributed by atoms with van der Waals surface area (Å²) < 4.78 is 44.6. The number of hydrogen-bond donors (Lipinski definition) is 5. The van der Waals surface area contributed by atoms with Gasteiger partial charge in [-0.25, -0.2) is 13.9 Å². The minimum absolute atomic E-state index is 0.0595. The summed E-state index contributed by atoms with van der Waals surface area (Å²) in [4.78, 5) is 33.5. The molecule has 0 aromatic carbocycles. The highest BCUT2D eigenvalue weighted by atomic mass is 31.3. The Labute approximate surface area is 177 Å². The topological polar surface area (TPSA) is 213 Å². The molecule has 15 nitrogen and oxygen atoms in total. The Hall–Kier alpha value is -1.22. The van der Waals surface area contributed by atoms with Crippen molar-refractivity contribution in [1.82, 2.24) is 9.55 Å². The second kappa shape index (κ2) is 9.73. The molecule has 31 heavy (non-hydrogen) atoms. The largest absolute Gasteiger partial charge is 0.484 e. The number of ether oxygens (including phenoxy) is 1. The van der Waals surface area contributed by atoms with Gasteiger partial charge in [-0.3, -0.25) is 13.6 Å². The fraction of sp³-hybridized carbons (Fsp3) is 0.714.